The standard InChI is InChI=1S/C7H11N3O3/c1-12-6(2-8)7(11)10-5-3-9-13-4-5/h3-4,6H,2,8H2,1H3,(H,10,11). The molecule has 0 aliphatic heterocycles. The maximum Gasteiger partial charge on any atom is 0.254 e. The summed E-state index contributed by atoms with van der Waals surface area (Å²) in [6.45, 7) is 0.133. The lowest BCUT2D eigenvalue weighted by atomic mass is 10.3. The van der Waals surface area contributed by atoms with E-state index >= 15 is 0 Å². The van der Waals surface area contributed by atoms with Crippen molar-refractivity contribution < 1.29 is 14.1 Å². The average Bonchev–Trinajstić information content (AvgIpc) is 2.59. The van der Waals surface area contributed by atoms with Gasteiger partial charge in [0.1, 0.15) is 18.1 Å². The Morgan fingerprint density at radius 3 is 3.15 bits per heavy atom. The molecule has 1 atom stereocenters. The van der Waals surface area contributed by atoms with Crippen molar-refractivity contribution >= 4 is 11.6 Å². The molecule has 6 nitrogen and oxygen atoms in total. The van der Waals surface area contributed by atoms with Crippen LogP contribution in [-0.4, -0.2) is 30.8 Å². The molecule has 72 valence electrons. The fourth-order valence-corrected chi connectivity index (χ4v) is 0.800. The molecule has 3 N–H and O–H groups in total. The predicted molar refractivity (Wildman–Crippen MR) is 45.0 cm³/mol. The van der Waals surface area contributed by atoms with Crippen LogP contribution in [0.15, 0.2) is 17.0 Å². The second-order valence-corrected chi connectivity index (χ2v) is 2.36. The van der Waals surface area contributed by atoms with Crippen molar-refractivity contribution in [2.75, 3.05) is 19.0 Å². The van der Waals surface area contributed by atoms with E-state index in [1.807, 2.05) is 0 Å². The van der Waals surface area contributed by atoms with E-state index in [1.165, 1.54) is 19.6 Å². The number of anilines is 1. The zero-order valence-electron chi connectivity index (χ0n) is 7.19. The Kier molecular flexibility index (Phi) is 3.41. The van der Waals surface area contributed by atoms with Gasteiger partial charge in [0.25, 0.3) is 5.91 Å². The van der Waals surface area contributed by atoms with E-state index in [4.69, 9.17) is 10.5 Å². The van der Waals surface area contributed by atoms with E-state index in [2.05, 4.69) is 15.0 Å². The van der Waals surface area contributed by atoms with Gasteiger partial charge in [-0.1, -0.05) is 5.16 Å². The van der Waals surface area contributed by atoms with Crippen molar-refractivity contribution in [3.05, 3.63) is 12.5 Å². The zero-order valence-corrected chi connectivity index (χ0v) is 7.19. The number of nitrogens with one attached hydrogen (secondary N) is 1. The first-order valence-corrected chi connectivity index (χ1v) is 3.71. The van der Waals surface area contributed by atoms with Crippen molar-refractivity contribution in [3.63, 3.8) is 0 Å². The second-order valence-electron chi connectivity index (χ2n) is 2.36. The maximum atomic E-state index is 11.3. The molecule has 1 heterocycles. The predicted octanol–water partition coefficient (Wildman–Crippen LogP) is -0.413. The molecule has 0 saturated carbocycles. The van der Waals surface area contributed by atoms with Crippen molar-refractivity contribution in [1.29, 1.82) is 0 Å². The molecule has 1 rings (SSSR count). The van der Waals surface area contributed by atoms with Gasteiger partial charge in [-0.25, -0.2) is 0 Å². The number of rotatable bonds is 4. The number of nitrogens with two attached hydrogens (primary N) is 1. The van der Waals surface area contributed by atoms with Gasteiger partial charge >= 0.3 is 0 Å². The van der Waals surface area contributed by atoms with Crippen LogP contribution in [0, 0.1) is 0 Å². The molecule has 13 heavy (non-hydrogen) atoms. The molecule has 0 aromatic carbocycles. The third-order valence-corrected chi connectivity index (χ3v) is 1.49. The molecule has 1 unspecified atom stereocenters. The van der Waals surface area contributed by atoms with Gasteiger partial charge in [0.05, 0.1) is 6.20 Å². The number of carbonyl (C=O) groups excluding carboxylic acids is 1. The SMILES string of the molecule is COC(CN)C(=O)Nc1cnoc1. The normalized spacial score (nSPS) is 12.5. The van der Waals surface area contributed by atoms with Crippen LogP contribution in [-0.2, 0) is 9.53 Å². The lowest BCUT2D eigenvalue weighted by Gasteiger charge is -2.10. The summed E-state index contributed by atoms with van der Waals surface area (Å²) in [5.41, 5.74) is 5.77. The monoisotopic (exact) mass is 185 g/mol. The first-order chi connectivity index (χ1) is 6.27. The molecule has 0 saturated heterocycles. The van der Waals surface area contributed by atoms with Gasteiger partial charge in [0.2, 0.25) is 0 Å². The minimum absolute atomic E-state index is 0.133. The highest BCUT2D eigenvalue weighted by atomic mass is 16.5. The highest BCUT2D eigenvalue weighted by Crippen LogP contribution is 2.04. The van der Waals surface area contributed by atoms with Gasteiger partial charge in [0, 0.05) is 13.7 Å². The van der Waals surface area contributed by atoms with Crippen LogP contribution in [0.5, 0.6) is 0 Å². The van der Waals surface area contributed by atoms with E-state index < -0.39 is 6.10 Å². The number of hydrogen-bond acceptors (Lipinski definition) is 5. The minimum atomic E-state index is -0.644. The van der Waals surface area contributed by atoms with Crippen molar-refractivity contribution in [1.82, 2.24) is 5.16 Å². The molecule has 1 amide bonds. The molecular weight excluding hydrogens is 174 g/mol. The second kappa shape index (κ2) is 4.58. The third kappa shape index (κ3) is 2.53. The fraction of sp³-hybridized carbons (Fsp3) is 0.429. The Morgan fingerprint density at radius 1 is 1.92 bits per heavy atom. The molecule has 6 heteroatoms. The smallest absolute Gasteiger partial charge is 0.254 e. The molecule has 0 radical (unpaired) electrons. The first-order valence-electron chi connectivity index (χ1n) is 3.71. The topological polar surface area (TPSA) is 90.4 Å². The Hall–Kier alpha value is -1.40. The summed E-state index contributed by atoms with van der Waals surface area (Å²) >= 11 is 0. The van der Waals surface area contributed by atoms with Crippen LogP contribution in [0.1, 0.15) is 0 Å². The Balaban J connectivity index is 2.49. The number of ether oxygens (including phenoxy) is 1. The van der Waals surface area contributed by atoms with E-state index in [9.17, 15) is 4.79 Å². The molecule has 0 bridgehead atoms. The van der Waals surface area contributed by atoms with Gasteiger partial charge in [-0.2, -0.15) is 0 Å². The molecule has 0 spiro atoms. The maximum absolute atomic E-state index is 11.3. The molecule has 0 aliphatic rings. The van der Waals surface area contributed by atoms with Gasteiger partial charge in [-0.05, 0) is 0 Å². The van der Waals surface area contributed by atoms with Crippen LogP contribution >= 0.6 is 0 Å². The Morgan fingerprint density at radius 2 is 2.69 bits per heavy atom. The number of nitrogens with zero attached hydrogens (tertiary/aromatic N) is 1. The lowest BCUT2D eigenvalue weighted by Crippen LogP contribution is -2.35. The number of carbonyl (C=O) groups is 1. The highest BCUT2D eigenvalue weighted by Gasteiger charge is 2.15. The van der Waals surface area contributed by atoms with Crippen molar-refractivity contribution in [2.24, 2.45) is 5.73 Å². The van der Waals surface area contributed by atoms with Crippen molar-refractivity contribution in [2.45, 2.75) is 6.10 Å². The fourth-order valence-electron chi connectivity index (χ4n) is 0.800. The molecule has 0 aliphatic carbocycles. The molecule has 1 aromatic rings. The molecular formula is C7H11N3O3. The van der Waals surface area contributed by atoms with E-state index in [-0.39, 0.29) is 12.5 Å². The number of hydrogen-bond donors (Lipinski definition) is 2. The summed E-state index contributed by atoms with van der Waals surface area (Å²) in [6.07, 6.45) is 2.07. The van der Waals surface area contributed by atoms with Gasteiger partial charge in [0.15, 0.2) is 0 Å². The summed E-state index contributed by atoms with van der Waals surface area (Å²) in [5.74, 6) is -0.312. The van der Waals surface area contributed by atoms with E-state index in [0.717, 1.165) is 0 Å². The molecule has 1 aromatic heterocycles. The minimum Gasteiger partial charge on any atom is -0.370 e. The van der Waals surface area contributed by atoms with Gasteiger partial charge in [-0.15, -0.1) is 0 Å². The summed E-state index contributed by atoms with van der Waals surface area (Å²) in [4.78, 5) is 11.3. The van der Waals surface area contributed by atoms with Crippen LogP contribution in [0.4, 0.5) is 5.69 Å². The summed E-state index contributed by atoms with van der Waals surface area (Å²) in [7, 11) is 1.42. The van der Waals surface area contributed by atoms with Crippen LogP contribution in [0.25, 0.3) is 0 Å². The first kappa shape index (κ1) is 9.69. The molecule has 0 fully saturated rings. The summed E-state index contributed by atoms with van der Waals surface area (Å²) < 4.78 is 9.35. The lowest BCUT2D eigenvalue weighted by molar-refractivity contribution is -0.125. The average molecular weight is 185 g/mol. The quantitative estimate of drug-likeness (QED) is 0.665. The summed E-state index contributed by atoms with van der Waals surface area (Å²) in [5, 5.41) is 5.95. The highest BCUT2D eigenvalue weighted by molar-refractivity contribution is 5.93. The Bertz CT molecular complexity index is 256. The van der Waals surface area contributed by atoms with Gasteiger partial charge < -0.3 is 20.3 Å². The van der Waals surface area contributed by atoms with E-state index in [0.29, 0.717) is 5.69 Å². The number of amides is 1. The van der Waals surface area contributed by atoms with Crippen LogP contribution in [0.3, 0.4) is 0 Å². The third-order valence-electron chi connectivity index (χ3n) is 1.49. The number of methoxy groups -OCH3 is 1. The van der Waals surface area contributed by atoms with Crippen LogP contribution < -0.4 is 11.1 Å². The van der Waals surface area contributed by atoms with E-state index in [1.54, 1.807) is 0 Å². The zero-order chi connectivity index (χ0) is 9.68. The van der Waals surface area contributed by atoms with Crippen LogP contribution in [0.2, 0.25) is 0 Å². The van der Waals surface area contributed by atoms with Gasteiger partial charge in [-0.3, -0.25) is 4.79 Å². The largest absolute Gasteiger partial charge is 0.370 e. The Labute approximate surface area is 75.0 Å². The summed E-state index contributed by atoms with van der Waals surface area (Å²) in [6, 6.07) is 0. The number of aromatic nitrogens is 1. The van der Waals surface area contributed by atoms with Crippen molar-refractivity contribution in [3.8, 4) is 0 Å².